The van der Waals surface area contributed by atoms with Gasteiger partial charge in [0.05, 0.1) is 0 Å². The van der Waals surface area contributed by atoms with Crippen molar-refractivity contribution in [2.75, 3.05) is 13.1 Å². The number of Topliss-reactive ketones (excluding diaryl/α,β-unsaturated/α-hetero) is 1. The topological polar surface area (TPSA) is 46.1 Å². The maximum atomic E-state index is 12.2. The Bertz CT molecular complexity index is 544. The highest BCUT2D eigenvalue weighted by molar-refractivity contribution is 7.80. The first-order valence-electron chi connectivity index (χ1n) is 9.33. The number of carbonyl (C=O) groups excluding carboxylic acids is 1. The lowest BCUT2D eigenvalue weighted by atomic mass is 9.79. The monoisotopic (exact) mass is 347 g/mol. The first-order chi connectivity index (χ1) is 11.5. The molecule has 4 nitrogen and oxygen atoms in total. The van der Waals surface area contributed by atoms with Crippen molar-refractivity contribution in [3.8, 4) is 0 Å². The Labute approximate surface area is 150 Å². The van der Waals surface area contributed by atoms with Gasteiger partial charge in [-0.05, 0) is 63.1 Å². The van der Waals surface area contributed by atoms with E-state index >= 15 is 0 Å². The van der Waals surface area contributed by atoms with E-state index in [-0.39, 0.29) is 5.92 Å². The van der Waals surface area contributed by atoms with E-state index in [1.165, 1.54) is 31.2 Å². The van der Waals surface area contributed by atoms with Gasteiger partial charge in [-0.25, -0.2) is 9.97 Å². The van der Waals surface area contributed by atoms with Gasteiger partial charge in [0, 0.05) is 30.3 Å². The summed E-state index contributed by atoms with van der Waals surface area (Å²) >= 11 is 4.16. The highest BCUT2D eigenvalue weighted by atomic mass is 32.1. The minimum atomic E-state index is 0.188. The van der Waals surface area contributed by atoms with Gasteiger partial charge >= 0.3 is 0 Å². The summed E-state index contributed by atoms with van der Waals surface area (Å²) in [5, 5.41) is 0.545. The summed E-state index contributed by atoms with van der Waals surface area (Å²) in [5.74, 6) is 1.55. The third kappa shape index (κ3) is 4.17. The minimum absolute atomic E-state index is 0.188. The molecule has 0 bridgehead atoms. The van der Waals surface area contributed by atoms with Crippen molar-refractivity contribution < 1.29 is 4.79 Å². The third-order valence-electron chi connectivity index (χ3n) is 5.84. The van der Waals surface area contributed by atoms with E-state index in [1.807, 2.05) is 26.2 Å². The molecule has 0 aromatic carbocycles. The fourth-order valence-electron chi connectivity index (χ4n) is 4.34. The molecule has 1 aliphatic heterocycles. The standard InChI is InChI=1S/C19H29N3OS/c1-13(2)18(23)15-3-5-17(6-4-15)22-9-7-14(8-10-22)16-11-20-19(24)21-12-16/h11-15,17H,3-10H2,1-2H3,(H,20,21,24)/t15-,17+. The molecule has 0 atom stereocenters. The molecule has 1 aromatic heterocycles. The Morgan fingerprint density at radius 3 is 2.21 bits per heavy atom. The number of carbonyl (C=O) groups is 1. The first-order valence-corrected chi connectivity index (χ1v) is 9.78. The fraction of sp³-hybridized carbons (Fsp3) is 0.737. The Morgan fingerprint density at radius 2 is 1.67 bits per heavy atom. The van der Waals surface area contributed by atoms with Crippen LogP contribution in [0, 0.1) is 11.8 Å². The predicted molar refractivity (Wildman–Crippen MR) is 98.4 cm³/mol. The van der Waals surface area contributed by atoms with Crippen molar-refractivity contribution in [3.63, 3.8) is 0 Å². The Balaban J connectivity index is 1.47. The Kier molecular flexibility index (Phi) is 5.93. The second kappa shape index (κ2) is 7.96. The normalized spacial score (nSPS) is 26.7. The van der Waals surface area contributed by atoms with E-state index in [1.54, 1.807) is 0 Å². The lowest BCUT2D eigenvalue weighted by Crippen LogP contribution is -2.43. The lowest BCUT2D eigenvalue weighted by molar-refractivity contribution is -0.127. The van der Waals surface area contributed by atoms with Gasteiger partial charge in [0.1, 0.15) is 5.78 Å². The average Bonchev–Trinajstić information content (AvgIpc) is 2.62. The van der Waals surface area contributed by atoms with Crippen molar-refractivity contribution in [2.24, 2.45) is 11.8 Å². The third-order valence-corrected chi connectivity index (χ3v) is 6.07. The second-order valence-electron chi connectivity index (χ2n) is 7.69. The van der Waals surface area contributed by atoms with Gasteiger partial charge < -0.3 is 4.90 Å². The van der Waals surface area contributed by atoms with Crippen molar-refractivity contribution in [1.29, 1.82) is 0 Å². The zero-order valence-electron chi connectivity index (χ0n) is 14.8. The largest absolute Gasteiger partial charge is 0.300 e. The number of hydrogen-bond acceptors (Lipinski definition) is 5. The molecule has 1 aliphatic carbocycles. The van der Waals surface area contributed by atoms with Gasteiger partial charge in [0.2, 0.25) is 0 Å². The number of thiol groups is 1. The number of aromatic nitrogens is 2. The minimum Gasteiger partial charge on any atom is -0.300 e. The van der Waals surface area contributed by atoms with Crippen LogP contribution >= 0.6 is 12.6 Å². The number of hydrogen-bond donors (Lipinski definition) is 1. The molecule has 2 heterocycles. The van der Waals surface area contributed by atoms with E-state index < -0.39 is 0 Å². The number of rotatable bonds is 4. The van der Waals surface area contributed by atoms with Crippen LogP contribution in [0.3, 0.4) is 0 Å². The van der Waals surface area contributed by atoms with E-state index in [0.29, 0.717) is 28.8 Å². The van der Waals surface area contributed by atoms with E-state index in [2.05, 4.69) is 27.5 Å². The van der Waals surface area contributed by atoms with Crippen LogP contribution in [-0.4, -0.2) is 39.8 Å². The van der Waals surface area contributed by atoms with Crippen molar-refractivity contribution in [3.05, 3.63) is 18.0 Å². The van der Waals surface area contributed by atoms with Crippen LogP contribution in [0.5, 0.6) is 0 Å². The molecule has 0 unspecified atom stereocenters. The molecule has 0 radical (unpaired) electrons. The second-order valence-corrected chi connectivity index (χ2v) is 8.09. The van der Waals surface area contributed by atoms with Crippen LogP contribution in [0.15, 0.2) is 17.6 Å². The highest BCUT2D eigenvalue weighted by Gasteiger charge is 2.32. The average molecular weight is 348 g/mol. The van der Waals surface area contributed by atoms with Crippen LogP contribution in [0.2, 0.25) is 0 Å². The summed E-state index contributed by atoms with van der Waals surface area (Å²) < 4.78 is 0. The molecule has 1 saturated heterocycles. The number of ketones is 1. The molecule has 1 saturated carbocycles. The molecule has 1 aromatic rings. The van der Waals surface area contributed by atoms with Gasteiger partial charge in [0.15, 0.2) is 5.16 Å². The molecule has 3 rings (SSSR count). The zero-order valence-corrected chi connectivity index (χ0v) is 15.7. The lowest BCUT2D eigenvalue weighted by Gasteiger charge is -2.40. The van der Waals surface area contributed by atoms with Gasteiger partial charge in [-0.3, -0.25) is 4.79 Å². The summed E-state index contributed by atoms with van der Waals surface area (Å²) in [4.78, 5) is 23.2. The van der Waals surface area contributed by atoms with E-state index in [0.717, 1.165) is 25.9 Å². The molecule has 0 spiro atoms. The fourth-order valence-corrected chi connectivity index (χ4v) is 4.45. The molecular formula is C19H29N3OS. The van der Waals surface area contributed by atoms with Crippen molar-refractivity contribution in [1.82, 2.24) is 14.9 Å². The molecule has 5 heteroatoms. The summed E-state index contributed by atoms with van der Waals surface area (Å²) in [6.07, 6.45) is 10.8. The zero-order chi connectivity index (χ0) is 17.1. The molecule has 2 aliphatic rings. The van der Waals surface area contributed by atoms with Crippen LogP contribution in [0.25, 0.3) is 0 Å². The molecule has 2 fully saturated rings. The molecule has 0 amide bonds. The number of nitrogens with zero attached hydrogens (tertiary/aromatic N) is 3. The van der Waals surface area contributed by atoms with Crippen molar-refractivity contribution in [2.45, 2.75) is 69.5 Å². The summed E-state index contributed by atoms with van der Waals surface area (Å²) in [6.45, 7) is 6.37. The SMILES string of the molecule is CC(C)C(=O)[C@H]1CC[C@@H](N2CCC(c3cnc(S)nc3)CC2)CC1. The van der Waals surface area contributed by atoms with Gasteiger partial charge in [-0.15, -0.1) is 12.6 Å². The van der Waals surface area contributed by atoms with Crippen LogP contribution < -0.4 is 0 Å². The highest BCUT2D eigenvalue weighted by Crippen LogP contribution is 2.34. The predicted octanol–water partition coefficient (Wildman–Crippen LogP) is 3.73. The smallest absolute Gasteiger partial charge is 0.184 e. The van der Waals surface area contributed by atoms with Crippen LogP contribution in [0.4, 0.5) is 0 Å². The van der Waals surface area contributed by atoms with Crippen LogP contribution in [-0.2, 0) is 4.79 Å². The number of likely N-dealkylation sites (tertiary alicyclic amines) is 1. The van der Waals surface area contributed by atoms with Crippen LogP contribution in [0.1, 0.15) is 63.9 Å². The van der Waals surface area contributed by atoms with Crippen molar-refractivity contribution >= 4 is 18.4 Å². The molecule has 24 heavy (non-hydrogen) atoms. The van der Waals surface area contributed by atoms with Gasteiger partial charge in [0.25, 0.3) is 0 Å². The Hall–Kier alpha value is -0.940. The summed E-state index contributed by atoms with van der Waals surface area (Å²) in [6, 6.07) is 0.679. The number of piperidine rings is 1. The molecular weight excluding hydrogens is 318 g/mol. The first kappa shape index (κ1) is 17.9. The maximum absolute atomic E-state index is 12.2. The quantitative estimate of drug-likeness (QED) is 0.666. The molecule has 0 N–H and O–H groups in total. The summed E-state index contributed by atoms with van der Waals surface area (Å²) in [7, 11) is 0. The molecule has 132 valence electrons. The summed E-state index contributed by atoms with van der Waals surface area (Å²) in [5.41, 5.74) is 1.25. The van der Waals surface area contributed by atoms with Gasteiger partial charge in [-0.2, -0.15) is 0 Å². The Morgan fingerprint density at radius 1 is 1.08 bits per heavy atom. The van der Waals surface area contributed by atoms with Gasteiger partial charge in [-0.1, -0.05) is 13.8 Å². The van der Waals surface area contributed by atoms with E-state index in [9.17, 15) is 4.79 Å². The maximum Gasteiger partial charge on any atom is 0.184 e. The van der Waals surface area contributed by atoms with E-state index in [4.69, 9.17) is 0 Å².